The van der Waals surface area contributed by atoms with Gasteiger partial charge in [0.2, 0.25) is 0 Å². The smallest absolute Gasteiger partial charge is 0.295 e. The Hall–Kier alpha value is -2.12. The summed E-state index contributed by atoms with van der Waals surface area (Å²) in [6.07, 6.45) is 1.54. The summed E-state index contributed by atoms with van der Waals surface area (Å²) in [7, 11) is 0. The summed E-state index contributed by atoms with van der Waals surface area (Å²) in [4.78, 5) is 26.3. The number of carbonyl (C=O) groups excluding carboxylic acids is 1. The van der Waals surface area contributed by atoms with Gasteiger partial charge >= 0.3 is 0 Å². The fraction of sp³-hybridized carbons (Fsp3) is 0.273. The summed E-state index contributed by atoms with van der Waals surface area (Å²) in [6, 6.07) is 2.77. The van der Waals surface area contributed by atoms with Crippen molar-refractivity contribution in [3.05, 3.63) is 40.2 Å². The van der Waals surface area contributed by atoms with Crippen LogP contribution in [0.25, 0.3) is 5.57 Å². The van der Waals surface area contributed by atoms with Crippen LogP contribution in [0, 0.1) is 10.1 Å². The van der Waals surface area contributed by atoms with E-state index < -0.39 is 17.3 Å². The van der Waals surface area contributed by atoms with Crippen LogP contribution in [0.2, 0.25) is 0 Å². The third kappa shape index (κ3) is 1.60. The standard InChI is InChI=1S/C11H8N2O5/c14-11-6(4-9-17-5-8(11)18-9)10-7(13(15)16)2-1-3-12-10/h1-4,8-9H,5H2/t8-,9-/m1/s1. The minimum Gasteiger partial charge on any atom is -0.346 e. The molecule has 0 spiro atoms. The van der Waals surface area contributed by atoms with E-state index in [4.69, 9.17) is 9.47 Å². The molecule has 0 unspecified atom stereocenters. The zero-order valence-corrected chi connectivity index (χ0v) is 9.11. The Kier molecular flexibility index (Phi) is 2.42. The summed E-state index contributed by atoms with van der Waals surface area (Å²) in [5.74, 6) is -0.328. The second-order valence-electron chi connectivity index (χ2n) is 3.90. The Morgan fingerprint density at radius 1 is 1.50 bits per heavy atom. The van der Waals surface area contributed by atoms with Gasteiger partial charge in [-0.3, -0.25) is 14.9 Å². The van der Waals surface area contributed by atoms with Crippen LogP contribution in [-0.2, 0) is 14.3 Å². The highest BCUT2D eigenvalue weighted by Crippen LogP contribution is 2.32. The van der Waals surface area contributed by atoms with Crippen molar-refractivity contribution in [3.63, 3.8) is 0 Å². The highest BCUT2D eigenvalue weighted by atomic mass is 16.7. The number of Topliss-reactive ketones (excluding diaryl/α,β-unsaturated/α-hetero) is 1. The molecule has 18 heavy (non-hydrogen) atoms. The first-order valence-corrected chi connectivity index (χ1v) is 5.29. The maximum atomic E-state index is 12.0. The third-order valence-electron chi connectivity index (χ3n) is 2.81. The molecule has 0 saturated carbocycles. The molecule has 2 aliphatic heterocycles. The average Bonchev–Trinajstić information content (AvgIpc) is 2.78. The summed E-state index contributed by atoms with van der Waals surface area (Å²) < 4.78 is 10.4. The Morgan fingerprint density at radius 3 is 3.11 bits per heavy atom. The SMILES string of the molecule is O=C1C(c2ncccc2[N+](=O)[O-])=C[C@@H]2OC[C@H]1O2. The van der Waals surface area contributed by atoms with Gasteiger partial charge in [-0.15, -0.1) is 0 Å². The van der Waals surface area contributed by atoms with E-state index in [1.807, 2.05) is 0 Å². The summed E-state index contributed by atoms with van der Waals surface area (Å²) in [5, 5.41) is 10.9. The van der Waals surface area contributed by atoms with E-state index in [1.165, 1.54) is 24.4 Å². The molecule has 2 aliphatic rings. The Bertz CT molecular complexity index is 568. The largest absolute Gasteiger partial charge is 0.346 e. The molecule has 7 heteroatoms. The minimum atomic E-state index is -0.684. The first-order chi connectivity index (χ1) is 8.66. The van der Waals surface area contributed by atoms with E-state index in [0.717, 1.165) is 0 Å². The number of fused-ring (bicyclic) bond motifs is 2. The molecule has 1 saturated heterocycles. The molecule has 2 atom stereocenters. The van der Waals surface area contributed by atoms with Gasteiger partial charge in [-0.1, -0.05) is 0 Å². The van der Waals surface area contributed by atoms with E-state index in [2.05, 4.69) is 4.98 Å². The number of nitrogens with zero attached hydrogens (tertiary/aromatic N) is 2. The van der Waals surface area contributed by atoms with E-state index in [0.29, 0.717) is 0 Å². The molecule has 0 aromatic carbocycles. The first-order valence-electron chi connectivity index (χ1n) is 5.29. The van der Waals surface area contributed by atoms with Crippen molar-refractivity contribution in [2.75, 3.05) is 6.61 Å². The zero-order valence-electron chi connectivity index (χ0n) is 9.11. The van der Waals surface area contributed by atoms with Crippen LogP contribution >= 0.6 is 0 Å². The van der Waals surface area contributed by atoms with Gasteiger partial charge in [0.05, 0.1) is 17.1 Å². The van der Waals surface area contributed by atoms with E-state index in [-0.39, 0.29) is 29.3 Å². The quantitative estimate of drug-likeness (QED) is 0.565. The molecule has 0 aliphatic carbocycles. The number of rotatable bonds is 2. The Balaban J connectivity index is 2.10. The van der Waals surface area contributed by atoms with E-state index >= 15 is 0 Å². The number of ether oxygens (including phenoxy) is 2. The van der Waals surface area contributed by atoms with Gasteiger partial charge in [0, 0.05) is 12.3 Å². The van der Waals surface area contributed by atoms with Gasteiger partial charge < -0.3 is 9.47 Å². The summed E-state index contributed by atoms with van der Waals surface area (Å²) in [6.45, 7) is 0.171. The average molecular weight is 248 g/mol. The van der Waals surface area contributed by atoms with Crippen molar-refractivity contribution in [1.29, 1.82) is 0 Å². The van der Waals surface area contributed by atoms with Gasteiger partial charge in [0.25, 0.3) is 5.69 Å². The van der Waals surface area contributed by atoms with Crippen LogP contribution in [0.1, 0.15) is 5.69 Å². The van der Waals surface area contributed by atoms with Crippen molar-refractivity contribution in [3.8, 4) is 0 Å². The van der Waals surface area contributed by atoms with E-state index in [1.54, 1.807) is 0 Å². The lowest BCUT2D eigenvalue weighted by atomic mass is 10.00. The van der Waals surface area contributed by atoms with Crippen LogP contribution in [0.5, 0.6) is 0 Å². The third-order valence-corrected chi connectivity index (χ3v) is 2.81. The monoisotopic (exact) mass is 248 g/mol. The van der Waals surface area contributed by atoms with Gasteiger partial charge in [-0.2, -0.15) is 0 Å². The number of carbonyl (C=O) groups is 1. The van der Waals surface area contributed by atoms with Crippen molar-refractivity contribution >= 4 is 17.0 Å². The minimum absolute atomic E-state index is 0.0660. The first kappa shape index (κ1) is 11.0. The predicted octanol–water partition coefficient (Wildman–Crippen LogP) is 0.697. The Labute approximate surface area is 101 Å². The lowest BCUT2D eigenvalue weighted by Crippen LogP contribution is -2.28. The summed E-state index contributed by atoms with van der Waals surface area (Å²) >= 11 is 0. The second kappa shape index (κ2) is 3.97. The number of hydrogen-bond acceptors (Lipinski definition) is 6. The van der Waals surface area contributed by atoms with Crippen molar-refractivity contribution in [2.45, 2.75) is 12.4 Å². The van der Waals surface area contributed by atoms with Crippen LogP contribution in [0.15, 0.2) is 24.4 Å². The molecule has 1 aromatic rings. The molecule has 0 N–H and O–H groups in total. The van der Waals surface area contributed by atoms with Gasteiger partial charge in [0.1, 0.15) is 6.10 Å². The molecular formula is C11H8N2O5. The number of hydrogen-bond donors (Lipinski definition) is 0. The van der Waals surface area contributed by atoms with Crippen LogP contribution < -0.4 is 0 Å². The van der Waals surface area contributed by atoms with Crippen LogP contribution in [-0.4, -0.2) is 34.7 Å². The van der Waals surface area contributed by atoms with E-state index in [9.17, 15) is 14.9 Å². The van der Waals surface area contributed by atoms with Crippen molar-refractivity contribution < 1.29 is 19.2 Å². The molecule has 1 fully saturated rings. The second-order valence-corrected chi connectivity index (χ2v) is 3.90. The number of pyridine rings is 1. The van der Waals surface area contributed by atoms with Gasteiger partial charge in [0.15, 0.2) is 17.8 Å². The molecule has 7 nitrogen and oxygen atoms in total. The number of ketones is 1. The molecule has 0 amide bonds. The maximum absolute atomic E-state index is 12.0. The molecule has 0 radical (unpaired) electrons. The molecule has 92 valence electrons. The summed E-state index contributed by atoms with van der Waals surface area (Å²) in [5.41, 5.74) is 0.0655. The molecular weight excluding hydrogens is 240 g/mol. The van der Waals surface area contributed by atoms with Crippen molar-refractivity contribution in [2.24, 2.45) is 0 Å². The molecule has 1 aromatic heterocycles. The van der Waals surface area contributed by atoms with Crippen LogP contribution in [0.4, 0.5) is 5.69 Å². The maximum Gasteiger partial charge on any atom is 0.295 e. The normalized spacial score (nSPS) is 26.0. The Morgan fingerprint density at radius 2 is 2.33 bits per heavy atom. The highest BCUT2D eigenvalue weighted by Gasteiger charge is 2.40. The van der Waals surface area contributed by atoms with Crippen molar-refractivity contribution in [1.82, 2.24) is 4.98 Å². The zero-order chi connectivity index (χ0) is 12.7. The topological polar surface area (TPSA) is 91.6 Å². The molecule has 2 bridgehead atoms. The fourth-order valence-electron chi connectivity index (χ4n) is 1.99. The van der Waals surface area contributed by atoms with Gasteiger partial charge in [-0.25, -0.2) is 4.98 Å². The number of nitro groups is 1. The lowest BCUT2D eigenvalue weighted by Gasteiger charge is -2.16. The number of aromatic nitrogens is 1. The molecule has 3 rings (SSSR count). The van der Waals surface area contributed by atoms with Gasteiger partial charge in [-0.05, 0) is 12.1 Å². The lowest BCUT2D eigenvalue weighted by molar-refractivity contribution is -0.385. The highest BCUT2D eigenvalue weighted by molar-refractivity contribution is 6.24. The van der Waals surface area contributed by atoms with Crippen LogP contribution in [0.3, 0.4) is 0 Å². The molecule has 3 heterocycles. The predicted molar refractivity (Wildman–Crippen MR) is 58.5 cm³/mol. The fourth-order valence-corrected chi connectivity index (χ4v) is 1.99.